The van der Waals surface area contributed by atoms with Gasteiger partial charge in [0.2, 0.25) is 0 Å². The number of ether oxygens (including phenoxy) is 3. The number of esters is 3. The van der Waals surface area contributed by atoms with Crippen molar-refractivity contribution in [2.45, 2.75) is 374 Å². The molecule has 480 valence electrons. The van der Waals surface area contributed by atoms with E-state index >= 15 is 0 Å². The van der Waals surface area contributed by atoms with Gasteiger partial charge in [-0.2, -0.15) is 0 Å². The Bertz CT molecular complexity index is 1570. The van der Waals surface area contributed by atoms with Crippen LogP contribution in [0.1, 0.15) is 367 Å². The van der Waals surface area contributed by atoms with E-state index in [1.807, 2.05) is 0 Å². The Balaban J connectivity index is 4.25. The average Bonchev–Trinajstić information content (AvgIpc) is 3.49. The molecule has 0 fully saturated rings. The van der Waals surface area contributed by atoms with Crippen LogP contribution in [0.25, 0.3) is 0 Å². The van der Waals surface area contributed by atoms with Crippen molar-refractivity contribution in [1.82, 2.24) is 0 Å². The predicted octanol–water partition coefficient (Wildman–Crippen LogP) is 25.0. The minimum atomic E-state index is -0.794. The van der Waals surface area contributed by atoms with E-state index in [4.69, 9.17) is 14.2 Å². The van der Waals surface area contributed by atoms with Crippen LogP contribution >= 0.6 is 0 Å². The summed E-state index contributed by atoms with van der Waals surface area (Å²) in [5.74, 6) is -0.903. The standard InChI is InChI=1S/C77H136O6/c1-4-7-10-13-16-19-22-25-28-30-32-34-35-36-37-38-39-40-41-42-44-45-47-49-52-55-58-61-64-67-70-76(79)82-73-74(72-81-75(78)69-66-63-60-57-54-51-27-24-21-18-15-12-9-6-3)83-77(80)71-68-65-62-59-56-53-50-48-46-43-33-31-29-26-23-20-17-14-11-8-5-2/h8,11,15,17-18,20,24,26-27,29,33,43,48,50,74H,4-7,9-10,12-14,16,19,21-23,25,28,30-32,34-42,44-47,49,51-73H2,1-3H3/b11-8-,18-15-,20-17-,27-24-,29-26-,43-33-,50-48-. The minimum absolute atomic E-state index is 0.0865. The summed E-state index contributed by atoms with van der Waals surface area (Å²) in [5, 5.41) is 0. The van der Waals surface area contributed by atoms with Gasteiger partial charge in [0.15, 0.2) is 6.10 Å². The van der Waals surface area contributed by atoms with E-state index in [9.17, 15) is 14.4 Å². The minimum Gasteiger partial charge on any atom is -0.462 e. The number of rotatable bonds is 66. The van der Waals surface area contributed by atoms with Crippen molar-refractivity contribution in [2.75, 3.05) is 13.2 Å². The molecule has 6 nitrogen and oxygen atoms in total. The van der Waals surface area contributed by atoms with Crippen LogP contribution in [0.15, 0.2) is 85.1 Å². The summed E-state index contributed by atoms with van der Waals surface area (Å²) in [7, 11) is 0. The molecule has 0 heterocycles. The third-order valence-corrected chi connectivity index (χ3v) is 15.9. The second-order valence-electron chi connectivity index (χ2n) is 24.1. The first kappa shape index (κ1) is 79.6. The summed E-state index contributed by atoms with van der Waals surface area (Å²) < 4.78 is 17.0. The second kappa shape index (κ2) is 71.1. The number of hydrogen-bond acceptors (Lipinski definition) is 6. The molecule has 0 saturated carbocycles. The molecule has 0 N–H and O–H groups in total. The van der Waals surface area contributed by atoms with Crippen LogP contribution in [0.4, 0.5) is 0 Å². The highest BCUT2D eigenvalue weighted by atomic mass is 16.6. The molecule has 0 radical (unpaired) electrons. The zero-order chi connectivity index (χ0) is 59.9. The van der Waals surface area contributed by atoms with Gasteiger partial charge in [-0.3, -0.25) is 14.4 Å². The topological polar surface area (TPSA) is 78.9 Å². The summed E-state index contributed by atoms with van der Waals surface area (Å²) in [6.45, 7) is 6.51. The van der Waals surface area contributed by atoms with Crippen LogP contribution in [0, 0.1) is 0 Å². The summed E-state index contributed by atoms with van der Waals surface area (Å²) in [5.41, 5.74) is 0. The van der Waals surface area contributed by atoms with E-state index in [2.05, 4.69) is 106 Å². The summed E-state index contributed by atoms with van der Waals surface area (Å²) in [4.78, 5) is 38.4. The fraction of sp³-hybridized carbons (Fsp3) is 0.779. The quantitative estimate of drug-likeness (QED) is 0.0261. The van der Waals surface area contributed by atoms with E-state index in [0.29, 0.717) is 19.3 Å². The summed E-state index contributed by atoms with van der Waals surface area (Å²) in [6.07, 6.45) is 94.8. The van der Waals surface area contributed by atoms with Crippen LogP contribution in [-0.4, -0.2) is 37.2 Å². The van der Waals surface area contributed by atoms with E-state index in [1.165, 1.54) is 193 Å². The van der Waals surface area contributed by atoms with Crippen LogP contribution in [-0.2, 0) is 28.6 Å². The first-order valence-corrected chi connectivity index (χ1v) is 36.1. The average molecular weight is 1160 g/mol. The maximum Gasteiger partial charge on any atom is 0.306 e. The van der Waals surface area contributed by atoms with Gasteiger partial charge in [0.25, 0.3) is 0 Å². The highest BCUT2D eigenvalue weighted by Crippen LogP contribution is 2.18. The van der Waals surface area contributed by atoms with E-state index in [1.54, 1.807) is 0 Å². The fourth-order valence-electron chi connectivity index (χ4n) is 10.5. The highest BCUT2D eigenvalue weighted by molar-refractivity contribution is 5.71. The van der Waals surface area contributed by atoms with Gasteiger partial charge in [0.05, 0.1) is 0 Å². The first-order valence-electron chi connectivity index (χ1n) is 36.1. The van der Waals surface area contributed by atoms with E-state index in [0.717, 1.165) is 135 Å². The van der Waals surface area contributed by atoms with Crippen molar-refractivity contribution in [1.29, 1.82) is 0 Å². The molecule has 0 aromatic heterocycles. The molecule has 0 amide bonds. The third-order valence-electron chi connectivity index (χ3n) is 15.9. The number of carbonyl (C=O) groups excluding carboxylic acids is 3. The predicted molar refractivity (Wildman–Crippen MR) is 362 cm³/mol. The van der Waals surface area contributed by atoms with Crippen molar-refractivity contribution in [3.05, 3.63) is 85.1 Å². The SMILES string of the molecule is CC/C=C\C/C=C\C/C=C\C/C=C\C/C=C\CCCCCCCC(=O)OC(COC(=O)CCCCCCC/C=C\C/C=C\CCCC)COC(=O)CCCCCCCCCCCCCCCCCCCCCCCCCCCCCCCC. The normalized spacial score (nSPS) is 12.6. The van der Waals surface area contributed by atoms with Gasteiger partial charge in [-0.05, 0) is 89.9 Å². The molecular weight excluding hydrogens is 1020 g/mol. The van der Waals surface area contributed by atoms with Crippen molar-refractivity contribution in [3.8, 4) is 0 Å². The lowest BCUT2D eigenvalue weighted by Gasteiger charge is -2.18. The number of unbranched alkanes of at least 4 members (excludes halogenated alkanes) is 41. The Hall–Kier alpha value is -3.41. The molecule has 0 rings (SSSR count). The van der Waals surface area contributed by atoms with Crippen LogP contribution < -0.4 is 0 Å². The Kier molecular flexibility index (Phi) is 68.2. The van der Waals surface area contributed by atoms with E-state index < -0.39 is 6.10 Å². The van der Waals surface area contributed by atoms with Gasteiger partial charge in [-0.15, -0.1) is 0 Å². The maximum absolute atomic E-state index is 12.9. The Morgan fingerprint density at radius 2 is 0.482 bits per heavy atom. The molecule has 0 aliphatic rings. The number of carbonyl (C=O) groups is 3. The molecule has 0 aromatic carbocycles. The largest absolute Gasteiger partial charge is 0.462 e. The molecule has 0 bridgehead atoms. The molecular formula is C77H136O6. The maximum atomic E-state index is 12.9. The van der Waals surface area contributed by atoms with Gasteiger partial charge >= 0.3 is 17.9 Å². The van der Waals surface area contributed by atoms with Gasteiger partial charge < -0.3 is 14.2 Å². The molecule has 0 aliphatic heterocycles. The van der Waals surface area contributed by atoms with Crippen molar-refractivity contribution < 1.29 is 28.6 Å². The lowest BCUT2D eigenvalue weighted by Crippen LogP contribution is -2.30. The zero-order valence-corrected chi connectivity index (χ0v) is 55.2. The Morgan fingerprint density at radius 1 is 0.253 bits per heavy atom. The second-order valence-corrected chi connectivity index (χ2v) is 24.1. The molecule has 0 aliphatic carbocycles. The Morgan fingerprint density at radius 3 is 0.771 bits per heavy atom. The lowest BCUT2D eigenvalue weighted by molar-refractivity contribution is -0.167. The lowest BCUT2D eigenvalue weighted by atomic mass is 10.0. The van der Waals surface area contributed by atoms with Crippen LogP contribution in [0.2, 0.25) is 0 Å². The van der Waals surface area contributed by atoms with Crippen LogP contribution in [0.5, 0.6) is 0 Å². The van der Waals surface area contributed by atoms with E-state index in [-0.39, 0.29) is 31.1 Å². The van der Waals surface area contributed by atoms with Gasteiger partial charge in [-0.25, -0.2) is 0 Å². The van der Waals surface area contributed by atoms with Gasteiger partial charge in [-0.1, -0.05) is 343 Å². The van der Waals surface area contributed by atoms with Gasteiger partial charge in [0.1, 0.15) is 13.2 Å². The molecule has 0 spiro atoms. The molecule has 0 aromatic rings. The summed E-state index contributed by atoms with van der Waals surface area (Å²) in [6, 6.07) is 0. The molecule has 1 atom stereocenters. The van der Waals surface area contributed by atoms with Crippen molar-refractivity contribution >= 4 is 17.9 Å². The molecule has 83 heavy (non-hydrogen) atoms. The number of allylic oxidation sites excluding steroid dienone is 14. The first-order chi connectivity index (χ1) is 41.0. The number of hydrogen-bond donors (Lipinski definition) is 0. The monoisotopic (exact) mass is 1160 g/mol. The van der Waals surface area contributed by atoms with Gasteiger partial charge in [0, 0.05) is 19.3 Å². The van der Waals surface area contributed by atoms with Crippen molar-refractivity contribution in [3.63, 3.8) is 0 Å². The zero-order valence-electron chi connectivity index (χ0n) is 55.2. The highest BCUT2D eigenvalue weighted by Gasteiger charge is 2.19. The molecule has 0 saturated heterocycles. The molecule has 6 heteroatoms. The smallest absolute Gasteiger partial charge is 0.306 e. The Labute approximate surface area is 515 Å². The fourth-order valence-corrected chi connectivity index (χ4v) is 10.5. The van der Waals surface area contributed by atoms with Crippen LogP contribution in [0.3, 0.4) is 0 Å². The third kappa shape index (κ3) is 69.3. The summed E-state index contributed by atoms with van der Waals surface area (Å²) >= 11 is 0. The molecule has 1 unspecified atom stereocenters. The van der Waals surface area contributed by atoms with Crippen molar-refractivity contribution in [2.24, 2.45) is 0 Å².